The van der Waals surface area contributed by atoms with Crippen molar-refractivity contribution >= 4 is 28.6 Å². The van der Waals surface area contributed by atoms with E-state index in [9.17, 15) is 4.79 Å². The minimum absolute atomic E-state index is 0.179. The maximum absolute atomic E-state index is 12.2. The Morgan fingerprint density at radius 1 is 1.24 bits per heavy atom. The fourth-order valence-corrected chi connectivity index (χ4v) is 4.04. The molecule has 25 heavy (non-hydrogen) atoms. The monoisotopic (exact) mass is 356 g/mol. The number of likely N-dealkylation sites (tertiary alicyclic amines) is 1. The van der Waals surface area contributed by atoms with Crippen molar-refractivity contribution < 1.29 is 9.21 Å². The molecule has 0 radical (unpaired) electrons. The lowest BCUT2D eigenvalue weighted by atomic mass is 10.2. The first-order valence-corrected chi connectivity index (χ1v) is 9.57. The van der Waals surface area contributed by atoms with Crippen LogP contribution in [-0.4, -0.2) is 44.4 Å². The quantitative estimate of drug-likeness (QED) is 0.656. The van der Waals surface area contributed by atoms with Gasteiger partial charge in [-0.25, -0.2) is 0 Å². The first-order chi connectivity index (χ1) is 12.3. The Morgan fingerprint density at radius 2 is 2.04 bits per heavy atom. The Labute approximate surface area is 150 Å². The maximum atomic E-state index is 12.2. The standard InChI is InChI=1S/C18H20N4O2S/c1-2-22-17(15-11-13-7-3-4-8-14(13)24-15)19-20-18(22)25-12-16(23)21-9-5-6-10-21/h3-4,7-8,11H,2,5-6,9-10,12H2,1H3. The summed E-state index contributed by atoms with van der Waals surface area (Å²) in [6.45, 7) is 4.52. The van der Waals surface area contributed by atoms with Crippen LogP contribution in [0.4, 0.5) is 0 Å². The first kappa shape index (κ1) is 16.2. The van der Waals surface area contributed by atoms with E-state index in [0.717, 1.165) is 48.6 Å². The molecule has 4 rings (SSSR count). The molecule has 0 spiro atoms. The van der Waals surface area contributed by atoms with Gasteiger partial charge in [-0.2, -0.15) is 0 Å². The molecule has 0 N–H and O–H groups in total. The van der Waals surface area contributed by atoms with Gasteiger partial charge in [0.2, 0.25) is 11.7 Å². The minimum atomic E-state index is 0.179. The number of amides is 1. The number of hydrogen-bond donors (Lipinski definition) is 0. The van der Waals surface area contributed by atoms with Crippen LogP contribution in [-0.2, 0) is 11.3 Å². The van der Waals surface area contributed by atoms with E-state index < -0.39 is 0 Å². The molecule has 1 aromatic carbocycles. The molecule has 130 valence electrons. The Hall–Kier alpha value is -2.28. The third kappa shape index (κ3) is 3.16. The summed E-state index contributed by atoms with van der Waals surface area (Å²) >= 11 is 1.45. The second kappa shape index (κ2) is 6.92. The molecule has 3 aromatic rings. The number of fused-ring (bicyclic) bond motifs is 1. The third-order valence-electron chi connectivity index (χ3n) is 4.46. The van der Waals surface area contributed by atoms with E-state index >= 15 is 0 Å². The Kier molecular flexibility index (Phi) is 4.48. The van der Waals surface area contributed by atoms with Gasteiger partial charge in [-0.3, -0.25) is 9.36 Å². The molecule has 1 fully saturated rings. The van der Waals surface area contributed by atoms with Crippen LogP contribution in [0.15, 0.2) is 39.9 Å². The normalized spacial score (nSPS) is 14.5. The van der Waals surface area contributed by atoms with Crippen molar-refractivity contribution in [2.45, 2.75) is 31.5 Å². The lowest BCUT2D eigenvalue weighted by molar-refractivity contribution is -0.127. The van der Waals surface area contributed by atoms with Gasteiger partial charge in [0.25, 0.3) is 0 Å². The van der Waals surface area contributed by atoms with E-state index in [-0.39, 0.29) is 5.91 Å². The highest BCUT2D eigenvalue weighted by Crippen LogP contribution is 2.29. The first-order valence-electron chi connectivity index (χ1n) is 8.59. The van der Waals surface area contributed by atoms with E-state index in [1.807, 2.05) is 46.7 Å². The Morgan fingerprint density at radius 3 is 2.80 bits per heavy atom. The number of benzene rings is 1. The molecule has 7 heteroatoms. The van der Waals surface area contributed by atoms with Gasteiger partial charge in [-0.05, 0) is 31.9 Å². The van der Waals surface area contributed by atoms with Crippen LogP contribution in [0, 0.1) is 0 Å². The summed E-state index contributed by atoms with van der Waals surface area (Å²) < 4.78 is 7.91. The average Bonchev–Trinajstić information content (AvgIpc) is 3.37. The number of carbonyl (C=O) groups excluding carboxylic acids is 1. The van der Waals surface area contributed by atoms with Crippen molar-refractivity contribution in [3.8, 4) is 11.6 Å². The number of aromatic nitrogens is 3. The van der Waals surface area contributed by atoms with Crippen molar-refractivity contribution in [1.82, 2.24) is 19.7 Å². The topological polar surface area (TPSA) is 64.2 Å². The predicted molar refractivity (Wildman–Crippen MR) is 97.4 cm³/mol. The van der Waals surface area contributed by atoms with Crippen LogP contribution in [0.2, 0.25) is 0 Å². The fraction of sp³-hybridized carbons (Fsp3) is 0.389. The van der Waals surface area contributed by atoms with E-state index in [1.54, 1.807) is 0 Å². The molecule has 1 aliphatic rings. The lowest BCUT2D eigenvalue weighted by Gasteiger charge is -2.14. The molecule has 0 atom stereocenters. The smallest absolute Gasteiger partial charge is 0.233 e. The van der Waals surface area contributed by atoms with Gasteiger partial charge in [-0.15, -0.1) is 10.2 Å². The molecule has 1 aliphatic heterocycles. The van der Waals surface area contributed by atoms with Gasteiger partial charge in [-0.1, -0.05) is 30.0 Å². The van der Waals surface area contributed by atoms with Crippen LogP contribution in [0.3, 0.4) is 0 Å². The lowest BCUT2D eigenvalue weighted by Crippen LogP contribution is -2.29. The van der Waals surface area contributed by atoms with Crippen molar-refractivity contribution in [2.75, 3.05) is 18.8 Å². The summed E-state index contributed by atoms with van der Waals surface area (Å²) in [5.74, 6) is 1.99. The van der Waals surface area contributed by atoms with Gasteiger partial charge in [0, 0.05) is 25.0 Å². The largest absolute Gasteiger partial charge is 0.453 e. The van der Waals surface area contributed by atoms with Crippen molar-refractivity contribution in [3.63, 3.8) is 0 Å². The van der Waals surface area contributed by atoms with Crippen LogP contribution < -0.4 is 0 Å². The van der Waals surface area contributed by atoms with Gasteiger partial charge in [0.15, 0.2) is 10.9 Å². The number of hydrogen-bond acceptors (Lipinski definition) is 5. The van der Waals surface area contributed by atoms with E-state index in [0.29, 0.717) is 17.3 Å². The molecule has 0 unspecified atom stereocenters. The minimum Gasteiger partial charge on any atom is -0.453 e. The zero-order valence-corrected chi connectivity index (χ0v) is 15.0. The number of thioether (sulfide) groups is 1. The highest BCUT2D eigenvalue weighted by molar-refractivity contribution is 7.99. The molecule has 2 aromatic heterocycles. The number of nitrogens with zero attached hydrogens (tertiary/aromatic N) is 4. The fourth-order valence-electron chi connectivity index (χ4n) is 3.14. The molecule has 3 heterocycles. The van der Waals surface area contributed by atoms with Gasteiger partial charge in [0.1, 0.15) is 5.58 Å². The number of para-hydroxylation sites is 1. The van der Waals surface area contributed by atoms with Gasteiger partial charge >= 0.3 is 0 Å². The Balaban J connectivity index is 1.55. The predicted octanol–water partition coefficient (Wildman–Crippen LogP) is 3.43. The molecule has 0 bridgehead atoms. The van der Waals surface area contributed by atoms with Crippen LogP contribution in [0.1, 0.15) is 19.8 Å². The maximum Gasteiger partial charge on any atom is 0.233 e. The number of rotatable bonds is 5. The molecular weight excluding hydrogens is 336 g/mol. The zero-order valence-electron chi connectivity index (χ0n) is 14.1. The SMILES string of the molecule is CCn1c(SCC(=O)N2CCCC2)nnc1-c1cc2ccccc2o1. The van der Waals surface area contributed by atoms with Crippen molar-refractivity contribution in [3.05, 3.63) is 30.3 Å². The second-order valence-corrected chi connectivity index (χ2v) is 7.02. The highest BCUT2D eigenvalue weighted by atomic mass is 32.2. The summed E-state index contributed by atoms with van der Waals surface area (Å²) in [6, 6.07) is 9.87. The van der Waals surface area contributed by atoms with E-state index in [1.165, 1.54) is 11.8 Å². The summed E-state index contributed by atoms with van der Waals surface area (Å²) in [6.07, 6.45) is 2.22. The summed E-state index contributed by atoms with van der Waals surface area (Å²) in [7, 11) is 0. The van der Waals surface area contributed by atoms with Crippen molar-refractivity contribution in [2.24, 2.45) is 0 Å². The van der Waals surface area contributed by atoms with Crippen LogP contribution in [0.25, 0.3) is 22.6 Å². The van der Waals surface area contributed by atoms with E-state index in [2.05, 4.69) is 10.2 Å². The Bertz CT molecular complexity index is 863. The molecule has 0 aliphatic carbocycles. The summed E-state index contributed by atoms with van der Waals surface area (Å²) in [4.78, 5) is 14.2. The summed E-state index contributed by atoms with van der Waals surface area (Å²) in [5.41, 5.74) is 0.835. The van der Waals surface area contributed by atoms with Crippen LogP contribution >= 0.6 is 11.8 Å². The summed E-state index contributed by atoms with van der Waals surface area (Å²) in [5, 5.41) is 10.4. The molecule has 0 saturated carbocycles. The number of furan rings is 1. The number of carbonyl (C=O) groups is 1. The zero-order chi connectivity index (χ0) is 17.2. The van der Waals surface area contributed by atoms with Gasteiger partial charge < -0.3 is 9.32 Å². The average molecular weight is 356 g/mol. The van der Waals surface area contributed by atoms with Gasteiger partial charge in [0.05, 0.1) is 5.75 Å². The third-order valence-corrected chi connectivity index (χ3v) is 5.41. The van der Waals surface area contributed by atoms with Crippen molar-refractivity contribution in [1.29, 1.82) is 0 Å². The molecule has 6 nitrogen and oxygen atoms in total. The molecule has 1 saturated heterocycles. The molecule has 1 amide bonds. The highest BCUT2D eigenvalue weighted by Gasteiger charge is 2.21. The second-order valence-electron chi connectivity index (χ2n) is 6.08. The molecular formula is C18H20N4O2S. The van der Waals surface area contributed by atoms with Crippen LogP contribution in [0.5, 0.6) is 0 Å². The van der Waals surface area contributed by atoms with E-state index in [4.69, 9.17) is 4.42 Å².